The molecule has 2 atom stereocenters. The Kier molecular flexibility index (Phi) is 6.29. The van der Waals surface area contributed by atoms with Crippen molar-refractivity contribution in [3.8, 4) is 0 Å². The highest BCUT2D eigenvalue weighted by atomic mass is 32.2. The number of esters is 1. The number of hydrogen-bond donors (Lipinski definition) is 0. The van der Waals surface area contributed by atoms with Crippen molar-refractivity contribution in [2.24, 2.45) is 4.99 Å². The molecule has 0 aromatic heterocycles. The summed E-state index contributed by atoms with van der Waals surface area (Å²) >= 11 is 3.06. The molecule has 6 nitrogen and oxygen atoms in total. The van der Waals surface area contributed by atoms with Crippen molar-refractivity contribution in [3.63, 3.8) is 0 Å². The highest BCUT2D eigenvalue weighted by Crippen LogP contribution is 2.43. The summed E-state index contributed by atoms with van der Waals surface area (Å²) in [4.78, 5) is 32.9. The topological polar surface area (TPSA) is 68.2 Å². The first-order chi connectivity index (χ1) is 13.0. The number of amidine groups is 1. The molecule has 27 heavy (non-hydrogen) atoms. The fraction of sp³-hybridized carbons (Fsp3) is 0.421. The van der Waals surface area contributed by atoms with E-state index in [1.54, 1.807) is 30.7 Å². The maximum absolute atomic E-state index is 12.8. The molecular formula is C19H22N2O4S2. The fourth-order valence-corrected chi connectivity index (χ4v) is 4.50. The second-order valence-electron chi connectivity index (χ2n) is 6.17. The summed E-state index contributed by atoms with van der Waals surface area (Å²) in [5.74, 6) is -0.518. The van der Waals surface area contributed by atoms with E-state index in [0.717, 1.165) is 10.5 Å². The summed E-state index contributed by atoms with van der Waals surface area (Å²) in [7, 11) is 1.55. The number of aliphatic imine (C=N–C) groups is 1. The molecular weight excluding hydrogens is 384 g/mol. The van der Waals surface area contributed by atoms with Gasteiger partial charge in [0.05, 0.1) is 29.2 Å². The first-order valence-electron chi connectivity index (χ1n) is 8.57. The molecule has 0 unspecified atom stereocenters. The largest absolute Gasteiger partial charge is 0.460 e. The van der Waals surface area contributed by atoms with Gasteiger partial charge in [-0.1, -0.05) is 23.9 Å². The van der Waals surface area contributed by atoms with E-state index in [1.807, 2.05) is 37.4 Å². The van der Waals surface area contributed by atoms with Gasteiger partial charge in [-0.3, -0.25) is 9.69 Å². The zero-order valence-electron chi connectivity index (χ0n) is 15.7. The third-order valence-corrected chi connectivity index (χ3v) is 6.23. The van der Waals surface area contributed by atoms with Crippen LogP contribution in [0.15, 0.2) is 45.4 Å². The average molecular weight is 407 g/mol. The molecule has 1 aromatic carbocycles. The quantitative estimate of drug-likeness (QED) is 0.410. The van der Waals surface area contributed by atoms with Crippen molar-refractivity contribution in [3.05, 3.63) is 41.1 Å². The summed E-state index contributed by atoms with van der Waals surface area (Å²) in [6.07, 6.45) is 2.01. The minimum absolute atomic E-state index is 0.0487. The Morgan fingerprint density at radius 3 is 2.63 bits per heavy atom. The van der Waals surface area contributed by atoms with Gasteiger partial charge in [-0.05, 0) is 37.8 Å². The first kappa shape index (κ1) is 20.0. The number of thioether (sulfide) groups is 2. The van der Waals surface area contributed by atoms with Crippen molar-refractivity contribution in [2.75, 3.05) is 26.6 Å². The Morgan fingerprint density at radius 1 is 1.30 bits per heavy atom. The van der Waals surface area contributed by atoms with Crippen LogP contribution in [0.5, 0.6) is 0 Å². The zero-order chi connectivity index (χ0) is 19.6. The molecule has 0 spiro atoms. The summed E-state index contributed by atoms with van der Waals surface area (Å²) in [5, 5.41) is 0.408. The van der Waals surface area contributed by atoms with Crippen molar-refractivity contribution in [1.82, 2.24) is 4.90 Å². The van der Waals surface area contributed by atoms with Gasteiger partial charge in [0.1, 0.15) is 6.61 Å². The molecule has 1 aromatic rings. The first-order valence-corrected chi connectivity index (χ1v) is 10.7. The number of fused-ring (bicyclic) bond motifs is 1. The van der Waals surface area contributed by atoms with Gasteiger partial charge >= 0.3 is 5.97 Å². The van der Waals surface area contributed by atoms with Crippen molar-refractivity contribution < 1.29 is 19.1 Å². The number of methoxy groups -OCH3 is 1. The lowest BCUT2D eigenvalue weighted by molar-refractivity contribution is -0.141. The molecule has 3 rings (SSSR count). The van der Waals surface area contributed by atoms with E-state index in [9.17, 15) is 9.59 Å². The predicted octanol–water partition coefficient (Wildman–Crippen LogP) is 3.25. The Balaban J connectivity index is 2.03. The van der Waals surface area contributed by atoms with Gasteiger partial charge in [0.2, 0.25) is 5.91 Å². The molecule has 2 heterocycles. The highest BCUT2D eigenvalue weighted by molar-refractivity contribution is 8.15. The minimum atomic E-state index is -0.534. The van der Waals surface area contributed by atoms with E-state index in [4.69, 9.17) is 9.47 Å². The monoisotopic (exact) mass is 406 g/mol. The maximum atomic E-state index is 12.8. The van der Waals surface area contributed by atoms with Crippen LogP contribution in [0.4, 0.5) is 0 Å². The van der Waals surface area contributed by atoms with Crippen LogP contribution in [0.1, 0.15) is 25.5 Å². The minimum Gasteiger partial charge on any atom is -0.460 e. The smallest absolute Gasteiger partial charge is 0.338 e. The van der Waals surface area contributed by atoms with Crippen LogP contribution in [0.2, 0.25) is 0 Å². The van der Waals surface area contributed by atoms with Crippen LogP contribution in [-0.2, 0) is 19.1 Å². The van der Waals surface area contributed by atoms with E-state index in [1.165, 1.54) is 11.8 Å². The lowest BCUT2D eigenvalue weighted by Crippen LogP contribution is -2.40. The van der Waals surface area contributed by atoms with Crippen molar-refractivity contribution >= 4 is 40.6 Å². The zero-order valence-corrected chi connectivity index (χ0v) is 17.4. The number of rotatable bonds is 6. The van der Waals surface area contributed by atoms with Gasteiger partial charge in [0, 0.05) is 12.0 Å². The molecule has 1 saturated heterocycles. The molecule has 2 aliphatic rings. The van der Waals surface area contributed by atoms with Crippen LogP contribution in [0.3, 0.4) is 0 Å². The van der Waals surface area contributed by atoms with E-state index in [2.05, 4.69) is 4.99 Å². The molecule has 8 heteroatoms. The number of allylic oxidation sites excluding steroid dienone is 1. The van der Waals surface area contributed by atoms with E-state index in [-0.39, 0.29) is 17.8 Å². The molecule has 2 aliphatic heterocycles. The van der Waals surface area contributed by atoms with Gasteiger partial charge in [-0.2, -0.15) is 0 Å². The molecule has 144 valence electrons. The summed E-state index contributed by atoms with van der Waals surface area (Å²) < 4.78 is 10.3. The van der Waals surface area contributed by atoms with Crippen molar-refractivity contribution in [2.45, 2.75) is 30.0 Å². The Labute approximate surface area is 167 Å². The number of carbonyl (C=O) groups is 2. The summed E-state index contributed by atoms with van der Waals surface area (Å²) in [5.41, 5.74) is 1.84. The summed E-state index contributed by atoms with van der Waals surface area (Å²) in [6.45, 7) is 4.11. The average Bonchev–Trinajstić information content (AvgIpc) is 2.94. The molecule has 1 fully saturated rings. The van der Waals surface area contributed by atoms with Crippen LogP contribution < -0.4 is 0 Å². The van der Waals surface area contributed by atoms with E-state index in [0.29, 0.717) is 23.0 Å². The number of hydrogen-bond acceptors (Lipinski definition) is 7. The predicted molar refractivity (Wildman–Crippen MR) is 108 cm³/mol. The summed E-state index contributed by atoms with van der Waals surface area (Å²) in [6, 6.07) is 7.36. The maximum Gasteiger partial charge on any atom is 0.338 e. The second-order valence-corrected chi connectivity index (χ2v) is 8.35. The van der Waals surface area contributed by atoms with Crippen LogP contribution >= 0.6 is 23.5 Å². The second kappa shape index (κ2) is 8.50. The van der Waals surface area contributed by atoms with Crippen molar-refractivity contribution in [1.29, 1.82) is 0 Å². The number of ether oxygens (including phenoxy) is 2. The van der Waals surface area contributed by atoms with Crippen LogP contribution in [-0.4, -0.2) is 53.8 Å². The standard InChI is InChI=1S/C19H22N2O4S2/c1-11-15(18(23)25-10-9-24-3)16(13-5-7-14(26-4)8-6-13)21-17(22)12(2)27-19(21)20-11/h5-8,12,16H,9-10H2,1-4H3/t12-,16+/m0/s1. The number of carbonyl (C=O) groups excluding carboxylic acids is 2. The Morgan fingerprint density at radius 2 is 2.00 bits per heavy atom. The van der Waals surface area contributed by atoms with Gasteiger partial charge in [-0.15, -0.1) is 11.8 Å². The molecule has 1 amide bonds. The normalized spacial score (nSPS) is 22.0. The third kappa shape index (κ3) is 3.93. The molecule has 0 saturated carbocycles. The van der Waals surface area contributed by atoms with Crippen LogP contribution in [0, 0.1) is 0 Å². The van der Waals surface area contributed by atoms with Gasteiger partial charge in [0.15, 0.2) is 5.17 Å². The lowest BCUT2D eigenvalue weighted by Gasteiger charge is -2.33. The van der Waals surface area contributed by atoms with Gasteiger partial charge in [-0.25, -0.2) is 9.79 Å². The number of amides is 1. The molecule has 0 aliphatic carbocycles. The third-order valence-electron chi connectivity index (χ3n) is 4.43. The van der Waals surface area contributed by atoms with Crippen LogP contribution in [0.25, 0.3) is 0 Å². The SMILES string of the molecule is COCCOC(=O)C1=C(C)N=C2S[C@@H](C)C(=O)N2[C@@H]1c1ccc(SC)cc1. The van der Waals surface area contributed by atoms with Gasteiger partial charge < -0.3 is 9.47 Å². The lowest BCUT2D eigenvalue weighted by atomic mass is 9.94. The highest BCUT2D eigenvalue weighted by Gasteiger charge is 2.46. The Bertz CT molecular complexity index is 804. The molecule has 0 radical (unpaired) electrons. The molecule has 0 N–H and O–H groups in total. The molecule has 0 bridgehead atoms. The van der Waals surface area contributed by atoms with E-state index >= 15 is 0 Å². The fourth-order valence-electron chi connectivity index (χ4n) is 3.06. The van der Waals surface area contributed by atoms with Gasteiger partial charge in [0.25, 0.3) is 0 Å². The Hall–Kier alpha value is -1.77. The number of benzene rings is 1. The van der Waals surface area contributed by atoms with E-state index < -0.39 is 12.0 Å². The number of nitrogens with zero attached hydrogens (tertiary/aromatic N) is 2.